The van der Waals surface area contributed by atoms with Crippen LogP contribution in [0.3, 0.4) is 0 Å². The molecule has 0 saturated heterocycles. The number of anilines is 2. The maximum Gasteiger partial charge on any atom is 0.318 e. The van der Waals surface area contributed by atoms with Crippen LogP contribution in [-0.4, -0.2) is 19.0 Å². The zero-order chi connectivity index (χ0) is 18.7. The van der Waals surface area contributed by atoms with E-state index in [1.54, 1.807) is 7.05 Å². The molecule has 136 valence electrons. The van der Waals surface area contributed by atoms with Crippen molar-refractivity contribution < 1.29 is 9.59 Å². The summed E-state index contributed by atoms with van der Waals surface area (Å²) < 4.78 is 0. The van der Waals surface area contributed by atoms with Crippen LogP contribution >= 0.6 is 0 Å². The molecule has 1 aliphatic carbocycles. The molecule has 1 fully saturated rings. The average Bonchev–Trinajstić information content (AvgIpc) is 2.58. The van der Waals surface area contributed by atoms with E-state index in [1.807, 2.05) is 49.4 Å². The van der Waals surface area contributed by atoms with Crippen LogP contribution in [0, 0.1) is 13.8 Å². The van der Waals surface area contributed by atoms with Crippen molar-refractivity contribution in [3.8, 4) is 0 Å². The Hall–Kier alpha value is -2.82. The fourth-order valence-corrected chi connectivity index (χ4v) is 3.31. The molecule has 2 aromatic rings. The van der Waals surface area contributed by atoms with E-state index in [0.29, 0.717) is 5.69 Å². The molecule has 2 aromatic carbocycles. The number of rotatable bonds is 4. The van der Waals surface area contributed by atoms with E-state index in [1.165, 1.54) is 5.56 Å². The lowest BCUT2D eigenvalue weighted by Crippen LogP contribution is -2.46. The SMILES string of the molecule is CNC(=O)Nc1ccc(C2(C(=O)Nc3ccc(C)c(C)c3)CCC2)cc1. The second-order valence-electron chi connectivity index (χ2n) is 6.97. The van der Waals surface area contributed by atoms with Gasteiger partial charge >= 0.3 is 6.03 Å². The highest BCUT2D eigenvalue weighted by Gasteiger charge is 2.45. The van der Waals surface area contributed by atoms with Gasteiger partial charge in [0.2, 0.25) is 5.91 Å². The van der Waals surface area contributed by atoms with E-state index >= 15 is 0 Å². The summed E-state index contributed by atoms with van der Waals surface area (Å²) in [6.45, 7) is 4.10. The third-order valence-electron chi connectivity index (χ3n) is 5.33. The molecule has 0 spiro atoms. The van der Waals surface area contributed by atoms with E-state index in [4.69, 9.17) is 0 Å². The highest BCUT2D eigenvalue weighted by Crippen LogP contribution is 2.45. The second kappa shape index (κ2) is 7.20. The smallest absolute Gasteiger partial charge is 0.318 e. The van der Waals surface area contributed by atoms with Gasteiger partial charge in [0.15, 0.2) is 0 Å². The van der Waals surface area contributed by atoms with Crippen LogP contribution in [0.1, 0.15) is 36.0 Å². The molecular weight excluding hydrogens is 326 g/mol. The summed E-state index contributed by atoms with van der Waals surface area (Å²) >= 11 is 0. The molecule has 0 heterocycles. The number of aryl methyl sites for hydroxylation is 2. The van der Waals surface area contributed by atoms with E-state index in [0.717, 1.165) is 36.1 Å². The molecule has 0 radical (unpaired) electrons. The van der Waals surface area contributed by atoms with E-state index in [9.17, 15) is 9.59 Å². The second-order valence-corrected chi connectivity index (χ2v) is 6.97. The fraction of sp³-hybridized carbons (Fsp3) is 0.333. The minimum Gasteiger partial charge on any atom is -0.341 e. The van der Waals surface area contributed by atoms with Crippen LogP contribution in [-0.2, 0) is 10.2 Å². The number of nitrogens with one attached hydrogen (secondary N) is 3. The van der Waals surface area contributed by atoms with Gasteiger partial charge in [-0.05, 0) is 67.6 Å². The first kappa shape index (κ1) is 18.0. The lowest BCUT2D eigenvalue weighted by molar-refractivity contribution is -0.124. The summed E-state index contributed by atoms with van der Waals surface area (Å²) in [5, 5.41) is 8.35. The maximum absolute atomic E-state index is 13.0. The molecule has 0 unspecified atom stereocenters. The van der Waals surface area contributed by atoms with Gasteiger partial charge in [-0.3, -0.25) is 4.79 Å². The van der Waals surface area contributed by atoms with Crippen LogP contribution in [0.15, 0.2) is 42.5 Å². The fourth-order valence-electron chi connectivity index (χ4n) is 3.31. The van der Waals surface area contributed by atoms with Crippen molar-refractivity contribution in [3.05, 3.63) is 59.2 Å². The van der Waals surface area contributed by atoms with Gasteiger partial charge in [-0.25, -0.2) is 4.79 Å². The largest absolute Gasteiger partial charge is 0.341 e. The zero-order valence-corrected chi connectivity index (χ0v) is 15.5. The lowest BCUT2D eigenvalue weighted by Gasteiger charge is -2.40. The monoisotopic (exact) mass is 351 g/mol. The Morgan fingerprint density at radius 1 is 0.885 bits per heavy atom. The number of amides is 3. The van der Waals surface area contributed by atoms with Crippen LogP contribution in [0.2, 0.25) is 0 Å². The van der Waals surface area contributed by atoms with Crippen molar-refractivity contribution in [2.45, 2.75) is 38.5 Å². The maximum atomic E-state index is 13.0. The van der Waals surface area contributed by atoms with Gasteiger partial charge in [-0.15, -0.1) is 0 Å². The number of benzene rings is 2. The summed E-state index contributed by atoms with van der Waals surface area (Å²) in [4.78, 5) is 24.4. The number of carbonyl (C=O) groups excluding carboxylic acids is 2. The van der Waals surface area contributed by atoms with Crippen molar-refractivity contribution >= 4 is 23.3 Å². The minimum atomic E-state index is -0.482. The standard InChI is InChI=1S/C21H25N3O2/c1-14-5-8-18(13-15(14)2)23-19(25)21(11-4-12-21)16-6-9-17(10-7-16)24-20(26)22-3/h5-10,13H,4,11-12H2,1-3H3,(H,23,25)(H2,22,24,26). The third-order valence-corrected chi connectivity index (χ3v) is 5.33. The topological polar surface area (TPSA) is 70.2 Å². The summed E-state index contributed by atoms with van der Waals surface area (Å²) in [6, 6.07) is 13.3. The third kappa shape index (κ3) is 3.43. The van der Waals surface area contributed by atoms with Gasteiger partial charge in [-0.2, -0.15) is 0 Å². The number of hydrogen-bond donors (Lipinski definition) is 3. The normalized spacial score (nSPS) is 14.9. The van der Waals surface area contributed by atoms with Crippen LogP contribution in [0.5, 0.6) is 0 Å². The van der Waals surface area contributed by atoms with Crippen molar-refractivity contribution in [1.29, 1.82) is 0 Å². The molecule has 3 rings (SSSR count). The van der Waals surface area contributed by atoms with Gasteiger partial charge in [-0.1, -0.05) is 24.6 Å². The molecular formula is C21H25N3O2. The first-order chi connectivity index (χ1) is 12.4. The van der Waals surface area contributed by atoms with E-state index in [2.05, 4.69) is 22.9 Å². The average molecular weight is 351 g/mol. The molecule has 26 heavy (non-hydrogen) atoms. The van der Waals surface area contributed by atoms with Gasteiger partial charge in [0, 0.05) is 18.4 Å². The Morgan fingerprint density at radius 2 is 1.54 bits per heavy atom. The molecule has 1 aliphatic rings. The minimum absolute atomic E-state index is 0.0408. The molecule has 1 saturated carbocycles. The zero-order valence-electron chi connectivity index (χ0n) is 15.5. The Bertz CT molecular complexity index is 824. The molecule has 3 amide bonds. The van der Waals surface area contributed by atoms with Gasteiger partial charge in [0.1, 0.15) is 0 Å². The number of hydrogen-bond acceptors (Lipinski definition) is 2. The molecule has 0 bridgehead atoms. The summed E-state index contributed by atoms with van der Waals surface area (Å²) in [7, 11) is 1.57. The van der Waals surface area contributed by atoms with E-state index < -0.39 is 5.41 Å². The number of urea groups is 1. The number of carbonyl (C=O) groups is 2. The summed E-state index contributed by atoms with van der Waals surface area (Å²) in [5.41, 5.74) is 4.42. The summed E-state index contributed by atoms with van der Waals surface area (Å²) in [6.07, 6.45) is 2.72. The van der Waals surface area contributed by atoms with Crippen molar-refractivity contribution in [2.75, 3.05) is 17.7 Å². The lowest BCUT2D eigenvalue weighted by atomic mass is 9.63. The van der Waals surface area contributed by atoms with Crippen LogP contribution in [0.25, 0.3) is 0 Å². The highest BCUT2D eigenvalue weighted by atomic mass is 16.2. The Kier molecular flexibility index (Phi) is 4.98. The Labute approximate surface area is 154 Å². The van der Waals surface area contributed by atoms with Gasteiger partial charge in [0.25, 0.3) is 0 Å². The molecule has 5 nitrogen and oxygen atoms in total. The van der Waals surface area contributed by atoms with Crippen molar-refractivity contribution in [3.63, 3.8) is 0 Å². The van der Waals surface area contributed by atoms with Crippen LogP contribution in [0.4, 0.5) is 16.2 Å². The predicted octanol–water partition coefficient (Wildman–Crippen LogP) is 4.12. The molecule has 0 atom stereocenters. The molecule has 0 aromatic heterocycles. The molecule has 5 heteroatoms. The van der Waals surface area contributed by atoms with Crippen molar-refractivity contribution in [2.24, 2.45) is 0 Å². The Morgan fingerprint density at radius 3 is 2.08 bits per heavy atom. The first-order valence-corrected chi connectivity index (χ1v) is 8.92. The Balaban J connectivity index is 1.78. The predicted molar refractivity (Wildman–Crippen MR) is 105 cm³/mol. The molecule has 0 aliphatic heterocycles. The quantitative estimate of drug-likeness (QED) is 0.775. The van der Waals surface area contributed by atoms with Crippen LogP contribution < -0.4 is 16.0 Å². The van der Waals surface area contributed by atoms with Gasteiger partial charge < -0.3 is 16.0 Å². The first-order valence-electron chi connectivity index (χ1n) is 8.92. The van der Waals surface area contributed by atoms with E-state index in [-0.39, 0.29) is 11.9 Å². The molecule has 3 N–H and O–H groups in total. The highest BCUT2D eigenvalue weighted by molar-refractivity contribution is 6.00. The van der Waals surface area contributed by atoms with Crippen molar-refractivity contribution in [1.82, 2.24) is 5.32 Å². The van der Waals surface area contributed by atoms with Gasteiger partial charge in [0.05, 0.1) is 5.41 Å². The summed E-state index contributed by atoms with van der Waals surface area (Å²) in [5.74, 6) is 0.0408.